The smallest absolute Gasteiger partial charge is 0.444 e. The Hall–Kier alpha value is -2.06. The Morgan fingerprint density at radius 3 is 2.35 bits per heavy atom. The van der Waals surface area contributed by atoms with E-state index < -0.39 is 24.9 Å². The molecule has 0 aromatic heterocycles. The van der Waals surface area contributed by atoms with Gasteiger partial charge in [0.2, 0.25) is 5.91 Å². The van der Waals surface area contributed by atoms with Crippen LogP contribution in [0.4, 0.5) is 4.79 Å². The van der Waals surface area contributed by atoms with E-state index in [1.165, 1.54) is 16.9 Å². The molecule has 40 heavy (non-hydrogen) atoms. The van der Waals surface area contributed by atoms with Crippen molar-refractivity contribution in [3.05, 3.63) is 35.9 Å². The quantitative estimate of drug-likeness (QED) is 0.325. The van der Waals surface area contributed by atoms with Crippen LogP contribution >= 0.6 is 0 Å². The molecule has 1 aliphatic heterocycles. The first-order chi connectivity index (χ1) is 18.7. The first kappa shape index (κ1) is 30.9. The van der Waals surface area contributed by atoms with Gasteiger partial charge in [0.1, 0.15) is 11.6 Å². The summed E-state index contributed by atoms with van der Waals surface area (Å²) in [5.74, 6) is 0.748. The summed E-state index contributed by atoms with van der Waals surface area (Å²) in [6.45, 7) is 14.5. The highest BCUT2D eigenvalue weighted by molar-refractivity contribution is 6.47. The lowest BCUT2D eigenvalue weighted by Gasteiger charge is -2.64. The molecule has 1 heterocycles. The van der Waals surface area contributed by atoms with Crippen LogP contribution in [0, 0.1) is 17.3 Å². The van der Waals surface area contributed by atoms with Gasteiger partial charge in [-0.1, -0.05) is 57.5 Å². The van der Waals surface area contributed by atoms with Crippen LogP contribution in [0.2, 0.25) is 0 Å². The Balaban J connectivity index is 1.54. The number of nitrogens with zero attached hydrogens (tertiary/aromatic N) is 2. The van der Waals surface area contributed by atoms with Crippen molar-refractivity contribution in [3.63, 3.8) is 0 Å². The second-order valence-corrected chi connectivity index (χ2v) is 14.1. The van der Waals surface area contributed by atoms with Crippen molar-refractivity contribution < 1.29 is 23.6 Å². The van der Waals surface area contributed by atoms with Gasteiger partial charge in [-0.2, -0.15) is 0 Å². The zero-order chi connectivity index (χ0) is 29.5. The van der Waals surface area contributed by atoms with Gasteiger partial charge >= 0.3 is 13.2 Å². The highest BCUT2D eigenvalue weighted by Gasteiger charge is 2.68. The highest BCUT2D eigenvalue weighted by atomic mass is 16.7. The zero-order valence-corrected chi connectivity index (χ0v) is 26.2. The van der Waals surface area contributed by atoms with Gasteiger partial charge in [-0.3, -0.25) is 9.69 Å². The van der Waals surface area contributed by atoms with Crippen LogP contribution in [-0.2, 0) is 25.3 Å². The van der Waals surface area contributed by atoms with E-state index in [9.17, 15) is 9.59 Å². The van der Waals surface area contributed by atoms with Gasteiger partial charge in [-0.25, -0.2) is 4.79 Å². The number of ether oxygens (including phenoxy) is 1. The second kappa shape index (κ2) is 11.7. The Morgan fingerprint density at radius 2 is 1.75 bits per heavy atom. The van der Waals surface area contributed by atoms with Crippen LogP contribution in [0.1, 0.15) is 92.6 Å². The van der Waals surface area contributed by atoms with E-state index in [0.717, 1.165) is 32.1 Å². The fraction of sp³-hybridized carbons (Fsp3) is 0.750. The monoisotopic (exact) mass is 554 g/mol. The molecule has 5 rings (SSSR count). The lowest BCUT2D eigenvalue weighted by molar-refractivity contribution is -0.199. The summed E-state index contributed by atoms with van der Waals surface area (Å²) in [6.07, 6.45) is 5.64. The van der Waals surface area contributed by atoms with Crippen LogP contribution in [-0.4, -0.2) is 72.3 Å². The molecule has 0 radical (unpaired) electrons. The predicted molar refractivity (Wildman–Crippen MR) is 159 cm³/mol. The molecule has 4 aliphatic rings. The van der Waals surface area contributed by atoms with E-state index in [2.05, 4.69) is 45.0 Å². The second-order valence-electron chi connectivity index (χ2n) is 14.1. The van der Waals surface area contributed by atoms with Gasteiger partial charge in [0, 0.05) is 14.1 Å². The third-order valence-corrected chi connectivity index (χ3v) is 9.93. The lowest BCUT2D eigenvalue weighted by atomic mass is 9.43. The number of aryl methyl sites for hydroxylation is 1. The average Bonchev–Trinajstić information content (AvgIpc) is 3.25. The van der Waals surface area contributed by atoms with Crippen LogP contribution in [0.5, 0.6) is 0 Å². The fourth-order valence-corrected chi connectivity index (χ4v) is 7.35. The molecule has 8 heteroatoms. The first-order valence-corrected chi connectivity index (χ1v) is 15.3. The third-order valence-electron chi connectivity index (χ3n) is 9.93. The minimum absolute atomic E-state index is 0.0466. The largest absolute Gasteiger partial charge is 0.481 e. The van der Waals surface area contributed by atoms with Gasteiger partial charge in [-0.05, 0) is 89.0 Å². The summed E-state index contributed by atoms with van der Waals surface area (Å²) in [6, 6.07) is 9.82. The van der Waals surface area contributed by atoms with Crippen molar-refractivity contribution in [3.8, 4) is 0 Å². The summed E-state index contributed by atoms with van der Waals surface area (Å²) < 4.78 is 19.2. The number of benzene rings is 1. The lowest BCUT2D eigenvalue weighted by Crippen LogP contribution is -2.65. The van der Waals surface area contributed by atoms with Gasteiger partial charge in [-0.15, -0.1) is 0 Å². The van der Waals surface area contributed by atoms with Crippen molar-refractivity contribution in [1.82, 2.24) is 9.80 Å². The molecule has 6 atom stereocenters. The third kappa shape index (κ3) is 6.08. The molecule has 1 aromatic carbocycles. The molecule has 2 amide bonds. The number of hydrogen-bond donors (Lipinski definition) is 0. The standard InChI is InChI=1S/C32H51BN2O5/c1-10-15-24(34(8)29(37)38-30(2,3)4)28(36)35(9)27(19-14-18-22-16-12-11-13-17-22)33-39-26-21-23-20-25(31(23,5)6)32(26,7)40-33/h11-13,16-17,23-27H,10,14-15,18-21H2,1-9H3/t23-,24+,25-,26+,27-,32-/m0/s1. The number of likely N-dealkylation sites (N-methyl/N-ethyl adjacent to an activating group) is 2. The number of carbonyl (C=O) groups is 2. The molecule has 222 valence electrons. The molecule has 0 unspecified atom stereocenters. The van der Waals surface area contributed by atoms with Crippen LogP contribution < -0.4 is 0 Å². The molecule has 7 nitrogen and oxygen atoms in total. The van der Waals surface area contributed by atoms with E-state index in [4.69, 9.17) is 14.0 Å². The summed E-state index contributed by atoms with van der Waals surface area (Å²) in [5.41, 5.74) is 0.542. The predicted octanol–water partition coefficient (Wildman–Crippen LogP) is 6.14. The average molecular weight is 555 g/mol. The highest BCUT2D eigenvalue weighted by Crippen LogP contribution is 2.65. The molecule has 2 bridgehead atoms. The van der Waals surface area contributed by atoms with Gasteiger partial charge < -0.3 is 18.9 Å². The molecular formula is C32H51BN2O5. The minimum Gasteiger partial charge on any atom is -0.444 e. The van der Waals surface area contributed by atoms with Crippen molar-refractivity contribution in [1.29, 1.82) is 0 Å². The molecule has 3 saturated carbocycles. The first-order valence-electron chi connectivity index (χ1n) is 15.3. The Morgan fingerprint density at radius 1 is 1.07 bits per heavy atom. The van der Waals surface area contributed by atoms with Crippen molar-refractivity contribution in [2.75, 3.05) is 14.1 Å². The number of amides is 2. The molecule has 3 aliphatic carbocycles. The van der Waals surface area contributed by atoms with E-state index >= 15 is 0 Å². The maximum absolute atomic E-state index is 14.1. The van der Waals surface area contributed by atoms with E-state index in [1.54, 1.807) is 11.9 Å². The van der Waals surface area contributed by atoms with E-state index in [0.29, 0.717) is 18.3 Å². The van der Waals surface area contributed by atoms with Crippen molar-refractivity contribution in [2.24, 2.45) is 17.3 Å². The summed E-state index contributed by atoms with van der Waals surface area (Å²) in [5, 5.41) is 0. The normalized spacial score (nSPS) is 28.2. The van der Waals surface area contributed by atoms with Crippen molar-refractivity contribution in [2.45, 2.75) is 123 Å². The van der Waals surface area contributed by atoms with Crippen LogP contribution in [0.25, 0.3) is 0 Å². The maximum atomic E-state index is 14.1. The minimum atomic E-state index is -0.636. The van der Waals surface area contributed by atoms with Crippen LogP contribution in [0.15, 0.2) is 30.3 Å². The Kier molecular flexibility index (Phi) is 9.02. The van der Waals surface area contributed by atoms with Gasteiger partial charge in [0.15, 0.2) is 0 Å². The van der Waals surface area contributed by atoms with Gasteiger partial charge in [0.25, 0.3) is 0 Å². The SMILES string of the molecule is CCC[C@H](C(=O)N(C)[C@@H](CCCc1ccccc1)B1O[C@@H]2C[C@@H]3C[C@@H](C3(C)C)[C@]2(C)O1)N(C)C(=O)OC(C)(C)C. The topological polar surface area (TPSA) is 68.3 Å². The molecule has 0 spiro atoms. The van der Waals surface area contributed by atoms with Crippen LogP contribution in [0.3, 0.4) is 0 Å². The van der Waals surface area contributed by atoms with Gasteiger partial charge in [0.05, 0.1) is 17.6 Å². The Bertz CT molecular complexity index is 1040. The summed E-state index contributed by atoms with van der Waals surface area (Å²) in [4.78, 5) is 30.3. The molecule has 1 saturated heterocycles. The summed E-state index contributed by atoms with van der Waals surface area (Å²) >= 11 is 0. The maximum Gasteiger partial charge on any atom is 0.481 e. The molecule has 4 fully saturated rings. The molecule has 0 N–H and O–H groups in total. The zero-order valence-electron chi connectivity index (χ0n) is 26.2. The number of carbonyl (C=O) groups excluding carboxylic acids is 2. The number of rotatable bonds is 10. The van der Waals surface area contributed by atoms with E-state index in [1.807, 2.05) is 40.8 Å². The van der Waals surface area contributed by atoms with Crippen molar-refractivity contribution >= 4 is 19.1 Å². The molecular weight excluding hydrogens is 503 g/mol. The fourth-order valence-electron chi connectivity index (χ4n) is 7.35. The van der Waals surface area contributed by atoms with E-state index in [-0.39, 0.29) is 29.0 Å². The summed E-state index contributed by atoms with van der Waals surface area (Å²) in [7, 11) is 3.02. The number of hydrogen-bond acceptors (Lipinski definition) is 5. The molecule has 1 aromatic rings. The Labute approximate surface area is 242 Å².